The molecule has 6 nitrogen and oxygen atoms in total. The van der Waals surface area contributed by atoms with Gasteiger partial charge in [-0.25, -0.2) is 0 Å². The van der Waals surface area contributed by atoms with Gasteiger partial charge in [0.05, 0.1) is 42.7 Å². The van der Waals surface area contributed by atoms with Crippen molar-refractivity contribution in [3.63, 3.8) is 0 Å². The van der Waals surface area contributed by atoms with Crippen molar-refractivity contribution in [2.24, 2.45) is 0 Å². The van der Waals surface area contributed by atoms with Gasteiger partial charge in [-0.2, -0.15) is 0 Å². The summed E-state index contributed by atoms with van der Waals surface area (Å²) in [5.41, 5.74) is 7.17. The van der Waals surface area contributed by atoms with E-state index in [1.165, 1.54) is 33.4 Å². The Morgan fingerprint density at radius 2 is 0.850 bits per heavy atom. The molecular weight excluding hydrogens is 504 g/mol. The van der Waals surface area contributed by atoms with Gasteiger partial charge in [-0.3, -0.25) is 0 Å². The lowest BCUT2D eigenvalue weighted by Crippen LogP contribution is -2.26. The molecule has 0 fully saturated rings. The molecule has 0 radical (unpaired) electrons. The molecule has 0 saturated heterocycles. The molecular formula is C34H34O6. The van der Waals surface area contributed by atoms with Gasteiger partial charge >= 0.3 is 0 Å². The molecule has 4 aromatic carbocycles. The summed E-state index contributed by atoms with van der Waals surface area (Å²) < 4.78 is 34.7. The predicted molar refractivity (Wildman–Crippen MR) is 154 cm³/mol. The Morgan fingerprint density at radius 3 is 1.32 bits per heavy atom. The quantitative estimate of drug-likeness (QED) is 0.243. The van der Waals surface area contributed by atoms with E-state index in [-0.39, 0.29) is 23.7 Å². The summed E-state index contributed by atoms with van der Waals surface area (Å²) in [5, 5.41) is 0. The second kappa shape index (κ2) is 10.3. The van der Waals surface area contributed by atoms with Crippen molar-refractivity contribution in [3.05, 3.63) is 106 Å². The Labute approximate surface area is 235 Å². The first-order chi connectivity index (χ1) is 19.6. The van der Waals surface area contributed by atoms with Gasteiger partial charge in [0.1, 0.15) is 34.5 Å². The van der Waals surface area contributed by atoms with E-state index in [4.69, 9.17) is 28.4 Å². The SMILES string of the molecule is COc1ccc(C2C3c4cc(OC)cc(OC)c4[C@H](c4ccc(OC)cc4)C2c2cc(OC)cc(OC)c23)cc1. The van der Waals surface area contributed by atoms with Crippen LogP contribution in [0.4, 0.5) is 0 Å². The Morgan fingerprint density at radius 1 is 0.400 bits per heavy atom. The van der Waals surface area contributed by atoms with E-state index in [2.05, 4.69) is 36.4 Å². The Balaban J connectivity index is 1.71. The van der Waals surface area contributed by atoms with Crippen LogP contribution < -0.4 is 28.4 Å². The second-order valence-electron chi connectivity index (χ2n) is 10.2. The highest BCUT2D eigenvalue weighted by atomic mass is 16.5. The minimum Gasteiger partial charge on any atom is -0.497 e. The van der Waals surface area contributed by atoms with Gasteiger partial charge < -0.3 is 28.4 Å². The van der Waals surface area contributed by atoms with Crippen LogP contribution in [0.25, 0.3) is 0 Å². The molecule has 6 rings (SSSR count). The second-order valence-corrected chi connectivity index (χ2v) is 10.2. The minimum atomic E-state index is -0.0109. The Kier molecular flexibility index (Phi) is 6.70. The molecule has 40 heavy (non-hydrogen) atoms. The molecule has 0 aromatic heterocycles. The number of fused-ring (bicyclic) bond motifs is 7. The minimum absolute atomic E-state index is 0.0109. The first kappa shape index (κ1) is 25.9. The van der Waals surface area contributed by atoms with Gasteiger partial charge in [-0.1, -0.05) is 24.3 Å². The Bertz CT molecular complexity index is 1530. The highest BCUT2D eigenvalue weighted by Gasteiger charge is 2.54. The summed E-state index contributed by atoms with van der Waals surface area (Å²) >= 11 is 0. The summed E-state index contributed by atoms with van der Waals surface area (Å²) in [4.78, 5) is 0. The van der Waals surface area contributed by atoms with Crippen LogP contribution in [0.2, 0.25) is 0 Å². The first-order valence-corrected chi connectivity index (χ1v) is 13.4. The van der Waals surface area contributed by atoms with E-state index >= 15 is 0 Å². The van der Waals surface area contributed by atoms with Crippen LogP contribution in [0.1, 0.15) is 57.1 Å². The molecule has 206 valence electrons. The van der Waals surface area contributed by atoms with E-state index in [0.717, 1.165) is 34.5 Å². The molecule has 2 aliphatic rings. The molecule has 4 atom stereocenters. The highest BCUT2D eigenvalue weighted by molar-refractivity contribution is 5.69. The maximum atomic E-state index is 6.07. The number of hydrogen-bond acceptors (Lipinski definition) is 6. The fourth-order valence-corrected chi connectivity index (χ4v) is 6.92. The zero-order chi connectivity index (χ0) is 28.0. The summed E-state index contributed by atoms with van der Waals surface area (Å²) in [7, 11) is 10.2. The number of ether oxygens (including phenoxy) is 6. The number of benzene rings is 4. The maximum absolute atomic E-state index is 6.07. The molecule has 0 heterocycles. The third kappa shape index (κ3) is 3.93. The van der Waals surface area contributed by atoms with E-state index < -0.39 is 0 Å². The molecule has 6 heteroatoms. The third-order valence-corrected chi connectivity index (χ3v) is 8.60. The van der Waals surface area contributed by atoms with Crippen molar-refractivity contribution in [2.75, 3.05) is 42.7 Å². The van der Waals surface area contributed by atoms with Crippen LogP contribution in [-0.4, -0.2) is 42.7 Å². The van der Waals surface area contributed by atoms with Crippen molar-refractivity contribution in [2.45, 2.75) is 23.7 Å². The number of hydrogen-bond donors (Lipinski definition) is 0. The molecule has 4 aromatic rings. The van der Waals surface area contributed by atoms with Crippen molar-refractivity contribution in [1.29, 1.82) is 0 Å². The lowest BCUT2D eigenvalue weighted by atomic mass is 9.63. The molecule has 2 bridgehead atoms. The third-order valence-electron chi connectivity index (χ3n) is 8.60. The maximum Gasteiger partial charge on any atom is 0.126 e. The predicted octanol–water partition coefficient (Wildman–Crippen LogP) is 6.90. The molecule has 0 amide bonds. The smallest absolute Gasteiger partial charge is 0.126 e. The number of rotatable bonds is 8. The largest absolute Gasteiger partial charge is 0.497 e. The Hall–Kier alpha value is -4.32. The average Bonchev–Trinajstić information content (AvgIpc) is 3.29. The lowest BCUT2D eigenvalue weighted by Gasteiger charge is -2.40. The fourth-order valence-electron chi connectivity index (χ4n) is 6.92. The zero-order valence-corrected chi connectivity index (χ0v) is 23.7. The number of methoxy groups -OCH3 is 6. The topological polar surface area (TPSA) is 55.4 Å². The van der Waals surface area contributed by atoms with Crippen molar-refractivity contribution in [1.82, 2.24) is 0 Å². The van der Waals surface area contributed by atoms with Crippen LogP contribution in [0.5, 0.6) is 34.5 Å². The molecule has 2 aliphatic carbocycles. The highest BCUT2D eigenvalue weighted by Crippen LogP contribution is 2.69. The van der Waals surface area contributed by atoms with E-state index in [1.54, 1.807) is 42.7 Å². The van der Waals surface area contributed by atoms with Gasteiger partial charge in [-0.15, -0.1) is 0 Å². The normalized spacial score (nSPS) is 20.2. The fraction of sp³-hybridized carbons (Fsp3) is 0.294. The van der Waals surface area contributed by atoms with E-state index in [0.29, 0.717) is 0 Å². The van der Waals surface area contributed by atoms with E-state index in [9.17, 15) is 0 Å². The molecule has 0 saturated carbocycles. The standard InChI is InChI=1S/C34H34O6/c1-35-21-11-7-19(8-12-21)29-31-25(15-23(37-3)17-27(31)39-5)34-30(20-9-13-22(36-2)14-10-20)33(29)26-16-24(38-4)18-28(40-6)32(26)34/h7-18,29-30,33-34H,1-6H3/t29-,30?,33?,34?/m0/s1. The summed E-state index contributed by atoms with van der Waals surface area (Å²) in [6, 6.07) is 25.2. The van der Waals surface area contributed by atoms with Crippen LogP contribution in [0, 0.1) is 0 Å². The average molecular weight is 539 g/mol. The zero-order valence-electron chi connectivity index (χ0n) is 23.7. The monoisotopic (exact) mass is 538 g/mol. The molecule has 3 unspecified atom stereocenters. The summed E-state index contributed by atoms with van der Waals surface area (Å²) in [6.45, 7) is 0. The van der Waals surface area contributed by atoms with Gasteiger partial charge in [0.15, 0.2) is 0 Å². The van der Waals surface area contributed by atoms with Gasteiger partial charge in [-0.05, 0) is 58.7 Å². The van der Waals surface area contributed by atoms with Crippen molar-refractivity contribution < 1.29 is 28.4 Å². The van der Waals surface area contributed by atoms with E-state index in [1.807, 2.05) is 36.4 Å². The van der Waals surface area contributed by atoms with Crippen LogP contribution >= 0.6 is 0 Å². The summed E-state index contributed by atoms with van der Waals surface area (Å²) in [6.07, 6.45) is 0. The van der Waals surface area contributed by atoms with Gasteiger partial charge in [0.2, 0.25) is 0 Å². The van der Waals surface area contributed by atoms with Gasteiger partial charge in [0, 0.05) is 46.9 Å². The van der Waals surface area contributed by atoms with Crippen LogP contribution in [-0.2, 0) is 0 Å². The van der Waals surface area contributed by atoms with Crippen LogP contribution in [0.3, 0.4) is 0 Å². The van der Waals surface area contributed by atoms with Gasteiger partial charge in [0.25, 0.3) is 0 Å². The summed E-state index contributed by atoms with van der Waals surface area (Å²) in [5.74, 6) is 5.04. The molecule has 0 N–H and O–H groups in total. The lowest BCUT2D eigenvalue weighted by molar-refractivity contribution is 0.372. The first-order valence-electron chi connectivity index (χ1n) is 13.4. The molecule has 0 aliphatic heterocycles. The van der Waals surface area contributed by atoms with Crippen LogP contribution in [0.15, 0.2) is 72.8 Å². The van der Waals surface area contributed by atoms with Crippen molar-refractivity contribution in [3.8, 4) is 34.5 Å². The van der Waals surface area contributed by atoms with Crippen molar-refractivity contribution >= 4 is 0 Å². The molecule has 0 spiro atoms.